The number of ether oxygens (including phenoxy) is 1. The first-order chi connectivity index (χ1) is 12.9. The van der Waals surface area contributed by atoms with Crippen molar-refractivity contribution in [1.29, 1.82) is 0 Å². The van der Waals surface area contributed by atoms with E-state index in [0.29, 0.717) is 28.1 Å². The molecular formula is C20H19ClN4O2. The number of aromatic nitrogens is 2. The predicted molar refractivity (Wildman–Crippen MR) is 107 cm³/mol. The van der Waals surface area contributed by atoms with Crippen molar-refractivity contribution in [2.24, 2.45) is 0 Å². The van der Waals surface area contributed by atoms with Gasteiger partial charge >= 0.3 is 0 Å². The standard InChI is InChI=1S/C20H19ClN4O2/c1-12-4-7-15(8-5-12)23-20-22-13(2)10-17(25-20)19(26)24-16-11-14(21)6-9-18(16)27-3/h4-11H,1-3H3,(H,24,26)(H,22,23,25). The fourth-order valence-corrected chi connectivity index (χ4v) is 2.64. The molecule has 0 saturated carbocycles. The smallest absolute Gasteiger partial charge is 0.274 e. The second-order valence-corrected chi connectivity index (χ2v) is 6.44. The largest absolute Gasteiger partial charge is 0.495 e. The topological polar surface area (TPSA) is 76.1 Å². The maximum absolute atomic E-state index is 12.7. The van der Waals surface area contributed by atoms with Crippen molar-refractivity contribution in [3.63, 3.8) is 0 Å². The Morgan fingerprint density at radius 3 is 2.48 bits per heavy atom. The minimum Gasteiger partial charge on any atom is -0.495 e. The molecule has 0 aliphatic heterocycles. The van der Waals surface area contributed by atoms with E-state index in [0.717, 1.165) is 11.3 Å². The molecule has 0 atom stereocenters. The number of hydrogen-bond donors (Lipinski definition) is 2. The van der Waals surface area contributed by atoms with Gasteiger partial charge in [-0.1, -0.05) is 29.3 Å². The maximum Gasteiger partial charge on any atom is 0.274 e. The molecule has 0 aliphatic carbocycles. The summed E-state index contributed by atoms with van der Waals surface area (Å²) in [5.74, 6) is 0.478. The fourth-order valence-electron chi connectivity index (χ4n) is 2.47. The van der Waals surface area contributed by atoms with Crippen LogP contribution >= 0.6 is 11.6 Å². The summed E-state index contributed by atoms with van der Waals surface area (Å²) in [5.41, 5.74) is 3.37. The molecule has 3 aromatic rings. The van der Waals surface area contributed by atoms with Gasteiger partial charge in [0.05, 0.1) is 12.8 Å². The van der Waals surface area contributed by atoms with Gasteiger partial charge in [-0.3, -0.25) is 4.79 Å². The summed E-state index contributed by atoms with van der Waals surface area (Å²) in [7, 11) is 1.53. The molecule has 138 valence electrons. The van der Waals surface area contributed by atoms with Crippen molar-refractivity contribution in [1.82, 2.24) is 9.97 Å². The molecule has 0 unspecified atom stereocenters. The average molecular weight is 383 g/mol. The highest BCUT2D eigenvalue weighted by Crippen LogP contribution is 2.28. The van der Waals surface area contributed by atoms with Gasteiger partial charge in [0.2, 0.25) is 5.95 Å². The quantitative estimate of drug-likeness (QED) is 0.665. The van der Waals surface area contributed by atoms with Crippen LogP contribution in [0, 0.1) is 13.8 Å². The molecular weight excluding hydrogens is 364 g/mol. The molecule has 1 heterocycles. The highest BCUT2D eigenvalue weighted by molar-refractivity contribution is 6.31. The fraction of sp³-hybridized carbons (Fsp3) is 0.150. The van der Waals surface area contributed by atoms with Gasteiger partial charge in [0.15, 0.2) is 0 Å². The van der Waals surface area contributed by atoms with E-state index in [-0.39, 0.29) is 11.6 Å². The average Bonchev–Trinajstić information content (AvgIpc) is 2.63. The second-order valence-electron chi connectivity index (χ2n) is 6.01. The Morgan fingerprint density at radius 1 is 1.04 bits per heavy atom. The molecule has 2 N–H and O–H groups in total. The predicted octanol–water partition coefficient (Wildman–Crippen LogP) is 4.75. The van der Waals surface area contributed by atoms with Crippen LogP contribution in [0.25, 0.3) is 0 Å². The van der Waals surface area contributed by atoms with Gasteiger partial charge in [-0.15, -0.1) is 0 Å². The number of nitrogens with zero attached hydrogens (tertiary/aromatic N) is 2. The number of anilines is 3. The van der Waals surface area contributed by atoms with Crippen LogP contribution in [0.3, 0.4) is 0 Å². The summed E-state index contributed by atoms with van der Waals surface area (Å²) >= 11 is 6.01. The van der Waals surface area contributed by atoms with Crippen LogP contribution in [0.1, 0.15) is 21.7 Å². The molecule has 0 bridgehead atoms. The van der Waals surface area contributed by atoms with Crippen molar-refractivity contribution in [3.8, 4) is 5.75 Å². The van der Waals surface area contributed by atoms with E-state index in [9.17, 15) is 4.79 Å². The zero-order chi connectivity index (χ0) is 19.4. The molecule has 6 nitrogen and oxygen atoms in total. The van der Waals surface area contributed by atoms with Gasteiger partial charge in [0.25, 0.3) is 5.91 Å². The Labute approximate surface area is 162 Å². The van der Waals surface area contributed by atoms with Gasteiger partial charge in [0, 0.05) is 16.4 Å². The minimum absolute atomic E-state index is 0.235. The van der Waals surface area contributed by atoms with Gasteiger partial charge in [-0.25, -0.2) is 9.97 Å². The number of nitrogens with one attached hydrogen (secondary N) is 2. The molecule has 3 rings (SSSR count). The summed E-state index contributed by atoms with van der Waals surface area (Å²) in [6, 6.07) is 14.4. The number of aryl methyl sites for hydroxylation is 2. The van der Waals surface area contributed by atoms with E-state index in [2.05, 4.69) is 20.6 Å². The third kappa shape index (κ3) is 4.74. The Balaban J connectivity index is 1.84. The van der Waals surface area contributed by atoms with Crippen LogP contribution < -0.4 is 15.4 Å². The first kappa shape index (κ1) is 18.7. The van der Waals surface area contributed by atoms with Crippen molar-refractivity contribution < 1.29 is 9.53 Å². The highest BCUT2D eigenvalue weighted by Gasteiger charge is 2.14. The molecule has 7 heteroatoms. The summed E-state index contributed by atoms with van der Waals surface area (Å²) in [4.78, 5) is 21.3. The lowest BCUT2D eigenvalue weighted by Crippen LogP contribution is -2.16. The van der Waals surface area contributed by atoms with Crippen LogP contribution in [0.4, 0.5) is 17.3 Å². The third-order valence-electron chi connectivity index (χ3n) is 3.80. The Morgan fingerprint density at radius 2 is 1.78 bits per heavy atom. The van der Waals surface area contributed by atoms with Gasteiger partial charge < -0.3 is 15.4 Å². The monoisotopic (exact) mass is 382 g/mol. The van der Waals surface area contributed by atoms with Crippen LogP contribution in [0.5, 0.6) is 5.75 Å². The molecule has 2 aromatic carbocycles. The summed E-state index contributed by atoms with van der Waals surface area (Å²) in [6.07, 6.45) is 0. The first-order valence-electron chi connectivity index (χ1n) is 8.29. The molecule has 0 fully saturated rings. The number of hydrogen-bond acceptors (Lipinski definition) is 5. The lowest BCUT2D eigenvalue weighted by molar-refractivity contribution is 0.102. The Bertz CT molecular complexity index is 974. The van der Waals surface area contributed by atoms with Gasteiger partial charge in [-0.05, 0) is 50.2 Å². The van der Waals surface area contributed by atoms with Crippen LogP contribution in [-0.4, -0.2) is 23.0 Å². The van der Waals surface area contributed by atoms with Crippen molar-refractivity contribution in [2.45, 2.75) is 13.8 Å². The third-order valence-corrected chi connectivity index (χ3v) is 4.04. The number of rotatable bonds is 5. The number of carbonyl (C=O) groups excluding carboxylic acids is 1. The highest BCUT2D eigenvalue weighted by atomic mass is 35.5. The number of carbonyl (C=O) groups is 1. The molecule has 0 spiro atoms. The lowest BCUT2D eigenvalue weighted by atomic mass is 10.2. The van der Waals surface area contributed by atoms with Gasteiger partial charge in [0.1, 0.15) is 11.4 Å². The number of halogens is 1. The van der Waals surface area contributed by atoms with E-state index in [1.807, 2.05) is 31.2 Å². The zero-order valence-corrected chi connectivity index (χ0v) is 16.0. The van der Waals surface area contributed by atoms with Crippen LogP contribution in [0.2, 0.25) is 5.02 Å². The van der Waals surface area contributed by atoms with Gasteiger partial charge in [-0.2, -0.15) is 0 Å². The molecule has 27 heavy (non-hydrogen) atoms. The van der Waals surface area contributed by atoms with Crippen molar-refractivity contribution in [3.05, 3.63) is 70.5 Å². The summed E-state index contributed by atoms with van der Waals surface area (Å²) < 4.78 is 5.25. The maximum atomic E-state index is 12.7. The number of amides is 1. The van der Waals surface area contributed by atoms with E-state index in [1.54, 1.807) is 31.2 Å². The van der Waals surface area contributed by atoms with E-state index in [1.165, 1.54) is 7.11 Å². The lowest BCUT2D eigenvalue weighted by Gasteiger charge is -2.11. The molecule has 0 aliphatic rings. The van der Waals surface area contributed by atoms with E-state index < -0.39 is 0 Å². The van der Waals surface area contributed by atoms with E-state index >= 15 is 0 Å². The molecule has 0 radical (unpaired) electrons. The first-order valence-corrected chi connectivity index (χ1v) is 8.66. The summed E-state index contributed by atoms with van der Waals surface area (Å²) in [5, 5.41) is 6.38. The van der Waals surface area contributed by atoms with Crippen LogP contribution in [-0.2, 0) is 0 Å². The Kier molecular flexibility index (Phi) is 5.57. The van der Waals surface area contributed by atoms with Crippen molar-refractivity contribution >= 4 is 34.8 Å². The normalized spacial score (nSPS) is 10.4. The second kappa shape index (κ2) is 8.05. The Hall–Kier alpha value is -3.12. The minimum atomic E-state index is -0.381. The summed E-state index contributed by atoms with van der Waals surface area (Å²) in [6.45, 7) is 3.82. The van der Waals surface area contributed by atoms with Crippen molar-refractivity contribution in [2.75, 3.05) is 17.7 Å². The van der Waals surface area contributed by atoms with E-state index in [4.69, 9.17) is 16.3 Å². The molecule has 1 amide bonds. The molecule has 0 saturated heterocycles. The number of benzene rings is 2. The molecule has 1 aromatic heterocycles. The SMILES string of the molecule is COc1ccc(Cl)cc1NC(=O)c1cc(C)nc(Nc2ccc(C)cc2)n1. The number of methoxy groups -OCH3 is 1. The van der Waals surface area contributed by atoms with Crippen LogP contribution in [0.15, 0.2) is 48.5 Å². The zero-order valence-electron chi connectivity index (χ0n) is 15.2.